The van der Waals surface area contributed by atoms with Crippen molar-refractivity contribution in [2.24, 2.45) is 5.73 Å². The molecule has 102 valence electrons. The molecule has 1 unspecified atom stereocenters. The molecule has 0 saturated heterocycles. The fourth-order valence-corrected chi connectivity index (χ4v) is 2.11. The second-order valence-corrected chi connectivity index (χ2v) is 4.38. The predicted molar refractivity (Wildman–Crippen MR) is 72.1 cm³/mol. The third kappa shape index (κ3) is 3.77. The highest BCUT2D eigenvalue weighted by Gasteiger charge is 2.18. The van der Waals surface area contributed by atoms with Crippen LogP contribution in [0.2, 0.25) is 0 Å². The molecule has 18 heavy (non-hydrogen) atoms. The first-order valence-electron chi connectivity index (χ1n) is 6.33. The number of hydrogen-bond donors (Lipinski definition) is 1. The Balaban J connectivity index is 2.88. The van der Waals surface area contributed by atoms with Gasteiger partial charge >= 0.3 is 0 Å². The van der Waals surface area contributed by atoms with Crippen molar-refractivity contribution in [1.29, 1.82) is 0 Å². The predicted octanol–water partition coefficient (Wildman–Crippen LogP) is 2.10. The molecule has 0 aliphatic rings. The number of halogens is 1. The van der Waals surface area contributed by atoms with Crippen LogP contribution >= 0.6 is 0 Å². The summed E-state index contributed by atoms with van der Waals surface area (Å²) >= 11 is 0. The van der Waals surface area contributed by atoms with E-state index in [-0.39, 0.29) is 11.9 Å². The van der Waals surface area contributed by atoms with Gasteiger partial charge in [0.15, 0.2) is 0 Å². The molecule has 0 aliphatic heterocycles. The van der Waals surface area contributed by atoms with Crippen molar-refractivity contribution in [3.63, 3.8) is 0 Å². The summed E-state index contributed by atoms with van der Waals surface area (Å²) < 4.78 is 18.4. The molecule has 1 atom stereocenters. The Bertz CT molecular complexity index is 371. The van der Waals surface area contributed by atoms with Gasteiger partial charge in [0, 0.05) is 26.2 Å². The van der Waals surface area contributed by atoms with Gasteiger partial charge in [-0.15, -0.1) is 0 Å². The Morgan fingerprint density at radius 1 is 1.44 bits per heavy atom. The van der Waals surface area contributed by atoms with Crippen LogP contribution in [-0.2, 0) is 4.74 Å². The first-order valence-corrected chi connectivity index (χ1v) is 6.33. The van der Waals surface area contributed by atoms with E-state index in [0.29, 0.717) is 18.7 Å². The molecule has 0 fully saturated rings. The standard InChI is InChI=1S/C14H23FN2O/c1-4-17(7-8-18-3)14(10-16)12-5-6-13(15)11(2)9-12/h5-6,9,14H,4,7-8,10,16H2,1-3H3. The van der Waals surface area contributed by atoms with Gasteiger partial charge in [-0.2, -0.15) is 0 Å². The number of nitrogens with two attached hydrogens (primary N) is 1. The average Bonchev–Trinajstić information content (AvgIpc) is 2.38. The maximum absolute atomic E-state index is 13.3. The zero-order chi connectivity index (χ0) is 13.5. The van der Waals surface area contributed by atoms with Crippen molar-refractivity contribution in [3.8, 4) is 0 Å². The molecule has 0 saturated carbocycles. The van der Waals surface area contributed by atoms with Crippen molar-refractivity contribution in [1.82, 2.24) is 4.90 Å². The minimum Gasteiger partial charge on any atom is -0.383 e. The summed E-state index contributed by atoms with van der Waals surface area (Å²) in [6.45, 7) is 6.77. The van der Waals surface area contributed by atoms with Gasteiger partial charge in [0.1, 0.15) is 5.82 Å². The van der Waals surface area contributed by atoms with Crippen LogP contribution in [0, 0.1) is 12.7 Å². The van der Waals surface area contributed by atoms with Crippen molar-refractivity contribution < 1.29 is 9.13 Å². The summed E-state index contributed by atoms with van der Waals surface area (Å²) in [4.78, 5) is 2.25. The van der Waals surface area contributed by atoms with Crippen LogP contribution in [0.1, 0.15) is 24.1 Å². The van der Waals surface area contributed by atoms with Crippen LogP contribution in [0.25, 0.3) is 0 Å². The third-order valence-corrected chi connectivity index (χ3v) is 3.22. The van der Waals surface area contributed by atoms with Crippen molar-refractivity contribution in [2.75, 3.05) is 33.4 Å². The largest absolute Gasteiger partial charge is 0.383 e. The number of rotatable bonds is 7. The lowest BCUT2D eigenvalue weighted by Crippen LogP contribution is -2.36. The van der Waals surface area contributed by atoms with E-state index in [2.05, 4.69) is 11.8 Å². The Morgan fingerprint density at radius 3 is 2.67 bits per heavy atom. The third-order valence-electron chi connectivity index (χ3n) is 3.22. The van der Waals surface area contributed by atoms with Gasteiger partial charge in [0.05, 0.1) is 6.61 Å². The summed E-state index contributed by atoms with van der Waals surface area (Å²) in [5.41, 5.74) is 7.59. The molecular formula is C14H23FN2O. The molecule has 0 heterocycles. The molecule has 0 bridgehead atoms. The fourth-order valence-electron chi connectivity index (χ4n) is 2.11. The molecular weight excluding hydrogens is 231 g/mol. The lowest BCUT2D eigenvalue weighted by molar-refractivity contribution is 0.125. The van der Waals surface area contributed by atoms with Crippen molar-refractivity contribution >= 4 is 0 Å². The highest BCUT2D eigenvalue weighted by Crippen LogP contribution is 2.21. The molecule has 0 aliphatic carbocycles. The van der Waals surface area contributed by atoms with E-state index in [1.165, 1.54) is 6.07 Å². The van der Waals surface area contributed by atoms with Crippen LogP contribution in [0.15, 0.2) is 18.2 Å². The Hall–Kier alpha value is -0.970. The first-order chi connectivity index (χ1) is 8.63. The molecule has 1 rings (SSSR count). The SMILES string of the molecule is CCN(CCOC)C(CN)c1ccc(F)c(C)c1. The first kappa shape index (κ1) is 15.1. The molecule has 0 amide bonds. The van der Waals surface area contributed by atoms with Gasteiger partial charge in [-0.3, -0.25) is 4.90 Å². The van der Waals surface area contributed by atoms with Gasteiger partial charge in [0.25, 0.3) is 0 Å². The number of ether oxygens (including phenoxy) is 1. The van der Waals surface area contributed by atoms with Gasteiger partial charge in [-0.05, 0) is 30.7 Å². The number of hydrogen-bond acceptors (Lipinski definition) is 3. The highest BCUT2D eigenvalue weighted by molar-refractivity contribution is 5.26. The smallest absolute Gasteiger partial charge is 0.126 e. The Labute approximate surface area is 109 Å². The van der Waals surface area contributed by atoms with E-state index >= 15 is 0 Å². The highest BCUT2D eigenvalue weighted by atomic mass is 19.1. The second-order valence-electron chi connectivity index (χ2n) is 4.38. The van der Waals surface area contributed by atoms with Crippen LogP contribution in [0.4, 0.5) is 4.39 Å². The quantitative estimate of drug-likeness (QED) is 0.810. The molecule has 2 N–H and O–H groups in total. The zero-order valence-corrected chi connectivity index (χ0v) is 11.4. The molecule has 0 spiro atoms. The molecule has 3 nitrogen and oxygen atoms in total. The van der Waals surface area contributed by atoms with Crippen molar-refractivity contribution in [2.45, 2.75) is 19.9 Å². The lowest BCUT2D eigenvalue weighted by Gasteiger charge is -2.30. The number of nitrogens with zero attached hydrogens (tertiary/aromatic N) is 1. The second kappa shape index (κ2) is 7.46. The number of benzene rings is 1. The normalized spacial score (nSPS) is 13.0. The molecule has 1 aromatic carbocycles. The lowest BCUT2D eigenvalue weighted by atomic mass is 10.0. The zero-order valence-electron chi connectivity index (χ0n) is 11.4. The Kier molecular flexibility index (Phi) is 6.25. The van der Waals surface area contributed by atoms with Crippen LogP contribution in [0.3, 0.4) is 0 Å². The summed E-state index contributed by atoms with van der Waals surface area (Å²) in [6.07, 6.45) is 0. The van der Waals surface area contributed by atoms with Gasteiger partial charge in [-0.1, -0.05) is 19.1 Å². The van der Waals surface area contributed by atoms with Crippen LogP contribution in [0.5, 0.6) is 0 Å². The molecule has 4 heteroatoms. The molecule has 0 aromatic heterocycles. The van der Waals surface area contributed by atoms with Gasteiger partial charge in [-0.25, -0.2) is 4.39 Å². The minimum atomic E-state index is -0.172. The summed E-state index contributed by atoms with van der Waals surface area (Å²) in [5, 5.41) is 0. The van der Waals surface area contributed by atoms with E-state index < -0.39 is 0 Å². The monoisotopic (exact) mass is 254 g/mol. The van der Waals surface area contributed by atoms with E-state index in [0.717, 1.165) is 18.7 Å². The summed E-state index contributed by atoms with van der Waals surface area (Å²) in [7, 11) is 1.69. The number of aryl methyl sites for hydroxylation is 1. The van der Waals surface area contributed by atoms with Crippen LogP contribution in [-0.4, -0.2) is 38.3 Å². The maximum atomic E-state index is 13.3. The van der Waals surface area contributed by atoms with Crippen molar-refractivity contribution in [3.05, 3.63) is 35.1 Å². The Morgan fingerprint density at radius 2 is 2.17 bits per heavy atom. The average molecular weight is 254 g/mol. The molecule has 0 radical (unpaired) electrons. The van der Waals surface area contributed by atoms with E-state index in [1.807, 2.05) is 12.1 Å². The van der Waals surface area contributed by atoms with E-state index in [1.54, 1.807) is 14.0 Å². The fraction of sp³-hybridized carbons (Fsp3) is 0.571. The topological polar surface area (TPSA) is 38.5 Å². The van der Waals surface area contributed by atoms with E-state index in [4.69, 9.17) is 10.5 Å². The minimum absolute atomic E-state index is 0.115. The summed E-state index contributed by atoms with van der Waals surface area (Å²) in [6, 6.07) is 5.32. The number of methoxy groups -OCH3 is 1. The maximum Gasteiger partial charge on any atom is 0.126 e. The van der Waals surface area contributed by atoms with Gasteiger partial charge < -0.3 is 10.5 Å². The van der Waals surface area contributed by atoms with Gasteiger partial charge in [0.2, 0.25) is 0 Å². The number of likely N-dealkylation sites (N-methyl/N-ethyl adjacent to an activating group) is 1. The van der Waals surface area contributed by atoms with E-state index in [9.17, 15) is 4.39 Å². The summed E-state index contributed by atoms with van der Waals surface area (Å²) in [5.74, 6) is -0.172. The van der Waals surface area contributed by atoms with Crippen LogP contribution < -0.4 is 5.73 Å². The molecule has 1 aromatic rings.